The lowest BCUT2D eigenvalue weighted by Crippen LogP contribution is -2.40. The number of benzene rings is 1. The zero-order valence-corrected chi connectivity index (χ0v) is 15.0. The molecule has 0 aliphatic carbocycles. The number of amides is 3. The molecule has 0 atom stereocenters. The lowest BCUT2D eigenvalue weighted by atomic mass is 10.1. The molecule has 1 aliphatic rings. The standard InChI is InChI=1S/C18H27N3O3/c1-5-24-15-9-7-14(8-10-15)13-20(4)11-6-12-21-16(22)18(2,3)19-17(21)23/h7-10H,5-6,11-13H2,1-4H3,(H,19,23). The van der Waals surface area contributed by atoms with Crippen molar-refractivity contribution in [2.24, 2.45) is 0 Å². The number of imide groups is 1. The van der Waals surface area contributed by atoms with E-state index in [0.29, 0.717) is 13.2 Å². The molecule has 24 heavy (non-hydrogen) atoms. The first-order valence-corrected chi connectivity index (χ1v) is 8.38. The summed E-state index contributed by atoms with van der Waals surface area (Å²) in [5, 5.41) is 2.70. The van der Waals surface area contributed by atoms with Gasteiger partial charge in [0.05, 0.1) is 6.61 Å². The van der Waals surface area contributed by atoms with Crippen molar-refractivity contribution >= 4 is 11.9 Å². The lowest BCUT2D eigenvalue weighted by Gasteiger charge is -2.19. The van der Waals surface area contributed by atoms with Crippen molar-refractivity contribution in [1.29, 1.82) is 0 Å². The van der Waals surface area contributed by atoms with Gasteiger partial charge in [0.25, 0.3) is 5.91 Å². The van der Waals surface area contributed by atoms with Gasteiger partial charge in [-0.3, -0.25) is 9.69 Å². The average Bonchev–Trinajstić information content (AvgIpc) is 2.71. The number of carbonyl (C=O) groups is 2. The summed E-state index contributed by atoms with van der Waals surface area (Å²) in [5.41, 5.74) is 0.419. The van der Waals surface area contributed by atoms with E-state index in [1.165, 1.54) is 10.5 Å². The van der Waals surface area contributed by atoms with Gasteiger partial charge in [0.1, 0.15) is 11.3 Å². The van der Waals surface area contributed by atoms with Crippen LogP contribution in [0.3, 0.4) is 0 Å². The van der Waals surface area contributed by atoms with Crippen molar-refractivity contribution in [3.8, 4) is 5.75 Å². The van der Waals surface area contributed by atoms with E-state index in [1.54, 1.807) is 13.8 Å². The van der Waals surface area contributed by atoms with E-state index in [1.807, 2.05) is 26.1 Å². The molecule has 0 aromatic heterocycles. The summed E-state index contributed by atoms with van der Waals surface area (Å²) in [6.07, 6.45) is 0.753. The smallest absolute Gasteiger partial charge is 0.325 e. The van der Waals surface area contributed by atoms with Crippen LogP contribution in [0.4, 0.5) is 4.79 Å². The summed E-state index contributed by atoms with van der Waals surface area (Å²) >= 11 is 0. The lowest BCUT2D eigenvalue weighted by molar-refractivity contribution is -0.130. The number of hydrogen-bond acceptors (Lipinski definition) is 4. The molecule has 0 spiro atoms. The Morgan fingerprint density at radius 2 is 1.88 bits per heavy atom. The van der Waals surface area contributed by atoms with Gasteiger partial charge >= 0.3 is 6.03 Å². The van der Waals surface area contributed by atoms with Crippen LogP contribution in [0.5, 0.6) is 5.75 Å². The zero-order valence-electron chi connectivity index (χ0n) is 15.0. The number of carbonyl (C=O) groups excluding carboxylic acids is 2. The largest absolute Gasteiger partial charge is 0.494 e. The van der Waals surface area contributed by atoms with Gasteiger partial charge in [0.15, 0.2) is 0 Å². The molecule has 1 N–H and O–H groups in total. The van der Waals surface area contributed by atoms with Crippen LogP contribution in [0.2, 0.25) is 0 Å². The fourth-order valence-electron chi connectivity index (χ4n) is 2.77. The predicted molar refractivity (Wildman–Crippen MR) is 92.9 cm³/mol. The molecule has 2 rings (SSSR count). The third-order valence-electron chi connectivity index (χ3n) is 4.05. The molecule has 1 heterocycles. The van der Waals surface area contributed by atoms with Crippen LogP contribution in [0.25, 0.3) is 0 Å². The Bertz CT molecular complexity index is 584. The Morgan fingerprint density at radius 1 is 1.21 bits per heavy atom. The first-order chi connectivity index (χ1) is 11.3. The van der Waals surface area contributed by atoms with Gasteiger partial charge in [-0.25, -0.2) is 4.79 Å². The molecule has 0 radical (unpaired) electrons. The monoisotopic (exact) mass is 333 g/mol. The van der Waals surface area contributed by atoms with Crippen molar-refractivity contribution in [1.82, 2.24) is 15.1 Å². The summed E-state index contributed by atoms with van der Waals surface area (Å²) < 4.78 is 5.44. The summed E-state index contributed by atoms with van der Waals surface area (Å²) in [7, 11) is 2.03. The predicted octanol–water partition coefficient (Wildman–Crippen LogP) is 2.24. The molecular formula is C18H27N3O3. The van der Waals surface area contributed by atoms with Gasteiger partial charge in [-0.2, -0.15) is 0 Å². The first-order valence-electron chi connectivity index (χ1n) is 8.38. The molecule has 6 heteroatoms. The van der Waals surface area contributed by atoms with Crippen molar-refractivity contribution in [2.75, 3.05) is 26.7 Å². The number of ether oxygens (including phenoxy) is 1. The van der Waals surface area contributed by atoms with Crippen LogP contribution >= 0.6 is 0 Å². The second kappa shape index (κ2) is 7.66. The Balaban J connectivity index is 1.76. The summed E-state index contributed by atoms with van der Waals surface area (Å²) in [6.45, 7) is 8.16. The van der Waals surface area contributed by atoms with Gasteiger partial charge < -0.3 is 15.0 Å². The Labute approximate surface area is 143 Å². The van der Waals surface area contributed by atoms with E-state index in [-0.39, 0.29) is 11.9 Å². The Morgan fingerprint density at radius 3 is 2.42 bits per heavy atom. The normalized spacial score (nSPS) is 16.6. The highest BCUT2D eigenvalue weighted by Crippen LogP contribution is 2.17. The minimum atomic E-state index is -0.786. The highest BCUT2D eigenvalue weighted by molar-refractivity contribution is 6.06. The molecule has 0 bridgehead atoms. The topological polar surface area (TPSA) is 61.9 Å². The van der Waals surface area contributed by atoms with E-state index < -0.39 is 5.54 Å². The fraction of sp³-hybridized carbons (Fsp3) is 0.556. The number of rotatable bonds is 8. The molecule has 1 fully saturated rings. The molecule has 0 unspecified atom stereocenters. The average molecular weight is 333 g/mol. The quantitative estimate of drug-likeness (QED) is 0.741. The third-order valence-corrected chi connectivity index (χ3v) is 4.05. The molecule has 1 saturated heterocycles. The van der Waals surface area contributed by atoms with Gasteiger partial charge in [-0.05, 0) is 58.5 Å². The number of nitrogens with one attached hydrogen (secondary N) is 1. The minimum Gasteiger partial charge on any atom is -0.494 e. The first kappa shape index (κ1) is 18.3. The maximum Gasteiger partial charge on any atom is 0.325 e. The van der Waals surface area contributed by atoms with Gasteiger partial charge in [0.2, 0.25) is 0 Å². The molecule has 132 valence electrons. The Hall–Kier alpha value is -2.08. The minimum absolute atomic E-state index is 0.151. The number of urea groups is 1. The van der Waals surface area contributed by atoms with E-state index in [4.69, 9.17) is 4.74 Å². The van der Waals surface area contributed by atoms with Crippen LogP contribution in [-0.4, -0.2) is 54.0 Å². The summed E-state index contributed by atoms with van der Waals surface area (Å²) in [5.74, 6) is 0.728. The summed E-state index contributed by atoms with van der Waals surface area (Å²) in [4.78, 5) is 27.4. The van der Waals surface area contributed by atoms with Crippen LogP contribution in [0, 0.1) is 0 Å². The Kier molecular flexibility index (Phi) is 5.83. The number of nitrogens with zero attached hydrogens (tertiary/aromatic N) is 2. The van der Waals surface area contributed by atoms with Crippen molar-refractivity contribution in [3.63, 3.8) is 0 Å². The van der Waals surface area contributed by atoms with Crippen LogP contribution in [0.15, 0.2) is 24.3 Å². The van der Waals surface area contributed by atoms with Crippen molar-refractivity contribution < 1.29 is 14.3 Å². The van der Waals surface area contributed by atoms with Crippen LogP contribution in [0.1, 0.15) is 32.8 Å². The molecule has 6 nitrogen and oxygen atoms in total. The molecule has 1 aliphatic heterocycles. The second-order valence-corrected chi connectivity index (χ2v) is 6.68. The van der Waals surface area contributed by atoms with Crippen molar-refractivity contribution in [3.05, 3.63) is 29.8 Å². The highest BCUT2D eigenvalue weighted by Gasteiger charge is 2.43. The van der Waals surface area contributed by atoms with E-state index >= 15 is 0 Å². The van der Waals surface area contributed by atoms with Crippen molar-refractivity contribution in [2.45, 2.75) is 39.3 Å². The highest BCUT2D eigenvalue weighted by atomic mass is 16.5. The van der Waals surface area contributed by atoms with Gasteiger partial charge in [-0.1, -0.05) is 12.1 Å². The number of hydrogen-bond donors (Lipinski definition) is 1. The maximum atomic E-state index is 12.1. The maximum absolute atomic E-state index is 12.1. The molecule has 1 aromatic carbocycles. The molecular weight excluding hydrogens is 306 g/mol. The molecule has 3 amide bonds. The van der Waals surface area contributed by atoms with Gasteiger partial charge in [0, 0.05) is 13.1 Å². The third kappa shape index (κ3) is 4.47. The second-order valence-electron chi connectivity index (χ2n) is 6.68. The van der Waals surface area contributed by atoms with E-state index in [0.717, 1.165) is 25.3 Å². The van der Waals surface area contributed by atoms with Crippen LogP contribution in [-0.2, 0) is 11.3 Å². The summed E-state index contributed by atoms with van der Waals surface area (Å²) in [6, 6.07) is 7.77. The zero-order chi connectivity index (χ0) is 17.7. The molecule has 0 saturated carbocycles. The van der Waals surface area contributed by atoms with Crippen LogP contribution < -0.4 is 10.1 Å². The van der Waals surface area contributed by atoms with E-state index in [2.05, 4.69) is 22.3 Å². The molecule has 1 aromatic rings. The fourth-order valence-corrected chi connectivity index (χ4v) is 2.77. The van der Waals surface area contributed by atoms with Gasteiger partial charge in [-0.15, -0.1) is 0 Å². The SMILES string of the molecule is CCOc1ccc(CN(C)CCCN2C(=O)NC(C)(C)C2=O)cc1. The van der Waals surface area contributed by atoms with E-state index in [9.17, 15) is 9.59 Å².